The van der Waals surface area contributed by atoms with Crippen molar-refractivity contribution in [2.75, 3.05) is 6.54 Å². The highest BCUT2D eigenvalue weighted by Crippen LogP contribution is 2.07. The minimum absolute atomic E-state index is 0.273. The van der Waals surface area contributed by atoms with Gasteiger partial charge in [-0.1, -0.05) is 5.92 Å². The van der Waals surface area contributed by atoms with E-state index < -0.39 is 5.60 Å². The molecule has 12 heavy (non-hydrogen) atoms. The lowest BCUT2D eigenvalue weighted by atomic mass is 10.0. The van der Waals surface area contributed by atoms with Crippen LogP contribution < -0.4 is 5.32 Å². The van der Waals surface area contributed by atoms with Crippen LogP contribution in [0.3, 0.4) is 0 Å². The summed E-state index contributed by atoms with van der Waals surface area (Å²) in [6.45, 7) is 8.20. The second kappa shape index (κ2) is 3.93. The highest BCUT2D eigenvalue weighted by Gasteiger charge is 2.16. The monoisotopic (exact) mass is 169 g/mol. The summed E-state index contributed by atoms with van der Waals surface area (Å²) >= 11 is 0. The lowest BCUT2D eigenvalue weighted by Gasteiger charge is -2.23. The van der Waals surface area contributed by atoms with Gasteiger partial charge in [0, 0.05) is 0 Å². The van der Waals surface area contributed by atoms with E-state index in [0.717, 1.165) is 6.54 Å². The third kappa shape index (κ3) is 6.21. The van der Waals surface area contributed by atoms with Gasteiger partial charge in [0.1, 0.15) is 0 Å². The zero-order valence-corrected chi connectivity index (χ0v) is 8.44. The maximum Gasteiger partial charge on any atom is 0.0741 e. The van der Waals surface area contributed by atoms with E-state index in [1.165, 1.54) is 0 Å². The standard InChI is InChI=1S/C10H19NO/c1-6-9(2,3)11-8-7-10(4,5)12/h1,11-12H,7-8H2,2-5H3. The second-order valence-electron chi connectivity index (χ2n) is 4.26. The Morgan fingerprint density at radius 3 is 2.17 bits per heavy atom. The van der Waals surface area contributed by atoms with Crippen molar-refractivity contribution in [1.82, 2.24) is 5.32 Å². The SMILES string of the molecule is C#CC(C)(C)NCCC(C)(C)O. The molecular formula is C10H19NO. The Bertz CT molecular complexity index is 171. The molecule has 0 saturated heterocycles. The highest BCUT2D eigenvalue weighted by molar-refractivity contribution is 5.07. The summed E-state index contributed by atoms with van der Waals surface area (Å²) in [6, 6.07) is 0. The van der Waals surface area contributed by atoms with Gasteiger partial charge in [-0.3, -0.25) is 0 Å². The van der Waals surface area contributed by atoms with Crippen LogP contribution in [0.15, 0.2) is 0 Å². The third-order valence-corrected chi connectivity index (χ3v) is 1.66. The van der Waals surface area contributed by atoms with Gasteiger partial charge >= 0.3 is 0 Å². The van der Waals surface area contributed by atoms with Crippen LogP contribution in [0.25, 0.3) is 0 Å². The van der Waals surface area contributed by atoms with Crippen LogP contribution in [-0.2, 0) is 0 Å². The fraction of sp³-hybridized carbons (Fsp3) is 0.800. The van der Waals surface area contributed by atoms with E-state index in [-0.39, 0.29) is 5.54 Å². The van der Waals surface area contributed by atoms with Crippen LogP contribution in [0, 0.1) is 12.3 Å². The van der Waals surface area contributed by atoms with E-state index >= 15 is 0 Å². The van der Waals surface area contributed by atoms with Crippen LogP contribution in [0.2, 0.25) is 0 Å². The average Bonchev–Trinajstić information content (AvgIpc) is 1.84. The lowest BCUT2D eigenvalue weighted by Crippen LogP contribution is -2.40. The molecule has 70 valence electrons. The normalized spacial score (nSPS) is 12.7. The number of aliphatic hydroxyl groups is 1. The molecule has 0 radical (unpaired) electrons. The molecule has 0 rings (SSSR count). The molecule has 0 saturated carbocycles. The molecule has 0 aliphatic rings. The van der Waals surface area contributed by atoms with Gasteiger partial charge in [0.2, 0.25) is 0 Å². The van der Waals surface area contributed by atoms with Crippen molar-refractivity contribution >= 4 is 0 Å². The van der Waals surface area contributed by atoms with Gasteiger partial charge in [-0.25, -0.2) is 0 Å². The molecule has 0 fully saturated rings. The Morgan fingerprint density at radius 1 is 1.33 bits per heavy atom. The molecule has 0 aromatic rings. The van der Waals surface area contributed by atoms with Gasteiger partial charge in [-0.2, -0.15) is 0 Å². The van der Waals surface area contributed by atoms with Crippen LogP contribution in [-0.4, -0.2) is 22.8 Å². The summed E-state index contributed by atoms with van der Waals surface area (Å²) in [6.07, 6.45) is 5.99. The maximum atomic E-state index is 9.40. The van der Waals surface area contributed by atoms with E-state index in [9.17, 15) is 5.11 Å². The minimum Gasteiger partial charge on any atom is -0.390 e. The Morgan fingerprint density at radius 2 is 1.83 bits per heavy atom. The van der Waals surface area contributed by atoms with Gasteiger partial charge in [0.15, 0.2) is 0 Å². The smallest absolute Gasteiger partial charge is 0.0741 e. The van der Waals surface area contributed by atoms with Crippen molar-refractivity contribution < 1.29 is 5.11 Å². The van der Waals surface area contributed by atoms with Crippen molar-refractivity contribution in [3.8, 4) is 12.3 Å². The molecular weight excluding hydrogens is 150 g/mol. The first-order valence-electron chi connectivity index (χ1n) is 4.22. The molecule has 0 aliphatic carbocycles. The van der Waals surface area contributed by atoms with Gasteiger partial charge in [0.05, 0.1) is 11.1 Å². The number of nitrogens with one attached hydrogen (secondary N) is 1. The number of hydrogen-bond acceptors (Lipinski definition) is 2. The van der Waals surface area contributed by atoms with E-state index in [1.807, 2.05) is 13.8 Å². The molecule has 0 aliphatic heterocycles. The molecule has 0 amide bonds. The minimum atomic E-state index is -0.613. The quantitative estimate of drug-likeness (QED) is 0.619. The van der Waals surface area contributed by atoms with Gasteiger partial charge < -0.3 is 10.4 Å². The number of hydrogen-bond donors (Lipinski definition) is 2. The molecule has 2 N–H and O–H groups in total. The van der Waals surface area contributed by atoms with Gasteiger partial charge in [-0.05, 0) is 40.7 Å². The first-order chi connectivity index (χ1) is 5.27. The molecule has 0 heterocycles. The summed E-state index contributed by atoms with van der Waals surface area (Å²) in [5.74, 6) is 2.63. The van der Waals surface area contributed by atoms with Gasteiger partial charge in [-0.15, -0.1) is 6.42 Å². The van der Waals surface area contributed by atoms with E-state index in [4.69, 9.17) is 6.42 Å². The summed E-state index contributed by atoms with van der Waals surface area (Å²) in [5.41, 5.74) is -0.886. The van der Waals surface area contributed by atoms with E-state index in [2.05, 4.69) is 11.2 Å². The van der Waals surface area contributed by atoms with Crippen LogP contribution >= 0.6 is 0 Å². The second-order valence-corrected chi connectivity index (χ2v) is 4.26. The zero-order valence-electron chi connectivity index (χ0n) is 8.44. The number of rotatable bonds is 4. The molecule has 0 bridgehead atoms. The van der Waals surface area contributed by atoms with Crippen molar-refractivity contribution in [3.05, 3.63) is 0 Å². The molecule has 0 spiro atoms. The largest absolute Gasteiger partial charge is 0.390 e. The Labute approximate surface area is 75.4 Å². The Hall–Kier alpha value is -0.520. The first kappa shape index (κ1) is 11.5. The van der Waals surface area contributed by atoms with Gasteiger partial charge in [0.25, 0.3) is 0 Å². The summed E-state index contributed by atoms with van der Waals surface area (Å²) < 4.78 is 0. The zero-order chi connectivity index (χ0) is 9.83. The Kier molecular flexibility index (Phi) is 3.76. The van der Waals surface area contributed by atoms with E-state index in [1.54, 1.807) is 13.8 Å². The van der Waals surface area contributed by atoms with Crippen molar-refractivity contribution in [1.29, 1.82) is 0 Å². The van der Waals surface area contributed by atoms with Crippen LogP contribution in [0.4, 0.5) is 0 Å². The summed E-state index contributed by atoms with van der Waals surface area (Å²) in [4.78, 5) is 0. The lowest BCUT2D eigenvalue weighted by molar-refractivity contribution is 0.0700. The first-order valence-corrected chi connectivity index (χ1v) is 4.22. The van der Waals surface area contributed by atoms with Crippen molar-refractivity contribution in [2.24, 2.45) is 0 Å². The predicted molar refractivity (Wildman–Crippen MR) is 51.8 cm³/mol. The van der Waals surface area contributed by atoms with Crippen LogP contribution in [0.5, 0.6) is 0 Å². The summed E-state index contributed by atoms with van der Waals surface area (Å²) in [5, 5.41) is 12.6. The average molecular weight is 169 g/mol. The fourth-order valence-corrected chi connectivity index (χ4v) is 0.732. The highest BCUT2D eigenvalue weighted by atomic mass is 16.3. The van der Waals surface area contributed by atoms with Crippen LogP contribution in [0.1, 0.15) is 34.1 Å². The molecule has 0 aromatic heterocycles. The number of terminal acetylenes is 1. The topological polar surface area (TPSA) is 32.3 Å². The molecule has 0 atom stereocenters. The molecule has 0 unspecified atom stereocenters. The maximum absolute atomic E-state index is 9.40. The third-order valence-electron chi connectivity index (χ3n) is 1.66. The van der Waals surface area contributed by atoms with E-state index in [0.29, 0.717) is 6.42 Å². The molecule has 2 heteroatoms. The van der Waals surface area contributed by atoms with Crippen molar-refractivity contribution in [2.45, 2.75) is 45.3 Å². The fourth-order valence-electron chi connectivity index (χ4n) is 0.732. The summed E-state index contributed by atoms with van der Waals surface area (Å²) in [7, 11) is 0. The van der Waals surface area contributed by atoms with Crippen molar-refractivity contribution in [3.63, 3.8) is 0 Å². The Balaban J connectivity index is 3.66. The predicted octanol–water partition coefficient (Wildman–Crippen LogP) is 1.15. The molecule has 0 aromatic carbocycles. The molecule has 2 nitrogen and oxygen atoms in total.